The fraction of sp³-hybridized carbons (Fsp3) is 0.647. The molecule has 1 unspecified atom stereocenters. The summed E-state index contributed by atoms with van der Waals surface area (Å²) in [6, 6.07) is 10.5. The largest absolute Gasteiger partial charge is 0.390 e. The van der Waals surface area contributed by atoms with Crippen LogP contribution in [0.5, 0.6) is 0 Å². The van der Waals surface area contributed by atoms with E-state index in [0.29, 0.717) is 0 Å². The summed E-state index contributed by atoms with van der Waals surface area (Å²) in [5.74, 6) is 1.06. The molecule has 0 spiro atoms. The lowest BCUT2D eigenvalue weighted by atomic mass is 10.2. The van der Waals surface area contributed by atoms with Crippen molar-refractivity contribution in [3.8, 4) is 0 Å². The van der Waals surface area contributed by atoms with Crippen molar-refractivity contribution in [2.75, 3.05) is 65.7 Å². The summed E-state index contributed by atoms with van der Waals surface area (Å²) in [5.41, 5.74) is 0. The Morgan fingerprint density at radius 2 is 1.86 bits per heavy atom. The number of hydrogen-bond acceptors (Lipinski definition) is 5. The SMILES string of the molecule is CN1CCN(CC(O)CN(C)CCSc2ccccc2)CC1. The van der Waals surface area contributed by atoms with Crippen LogP contribution in [0.15, 0.2) is 35.2 Å². The van der Waals surface area contributed by atoms with Gasteiger partial charge >= 0.3 is 0 Å². The lowest BCUT2D eigenvalue weighted by Gasteiger charge is -2.34. The quantitative estimate of drug-likeness (QED) is 0.729. The Hall–Kier alpha value is -0.590. The monoisotopic (exact) mass is 323 g/mol. The average Bonchev–Trinajstić information content (AvgIpc) is 2.50. The molecule has 1 aromatic carbocycles. The molecule has 124 valence electrons. The molecule has 0 saturated carbocycles. The van der Waals surface area contributed by atoms with Gasteiger partial charge in [0.05, 0.1) is 6.10 Å². The minimum atomic E-state index is -0.255. The summed E-state index contributed by atoms with van der Waals surface area (Å²) in [7, 11) is 4.25. The molecule has 1 saturated heterocycles. The molecule has 1 N–H and O–H groups in total. The number of rotatable bonds is 8. The molecule has 0 aromatic heterocycles. The molecule has 2 rings (SSSR count). The van der Waals surface area contributed by atoms with Crippen molar-refractivity contribution < 1.29 is 5.11 Å². The highest BCUT2D eigenvalue weighted by Gasteiger charge is 2.17. The van der Waals surface area contributed by atoms with Crippen molar-refractivity contribution in [2.24, 2.45) is 0 Å². The Morgan fingerprint density at radius 1 is 1.18 bits per heavy atom. The summed E-state index contributed by atoms with van der Waals surface area (Å²) < 4.78 is 0. The normalized spacial score (nSPS) is 18.7. The molecule has 0 bridgehead atoms. The molecule has 1 fully saturated rings. The third kappa shape index (κ3) is 6.67. The molecule has 1 aliphatic heterocycles. The lowest BCUT2D eigenvalue weighted by molar-refractivity contribution is 0.0620. The van der Waals surface area contributed by atoms with Gasteiger partial charge in [0, 0.05) is 56.5 Å². The summed E-state index contributed by atoms with van der Waals surface area (Å²) >= 11 is 1.87. The Morgan fingerprint density at radius 3 is 2.55 bits per heavy atom. The van der Waals surface area contributed by atoms with Gasteiger partial charge in [0.15, 0.2) is 0 Å². The van der Waals surface area contributed by atoms with Gasteiger partial charge in [-0.05, 0) is 26.2 Å². The van der Waals surface area contributed by atoms with E-state index in [2.05, 4.69) is 53.1 Å². The number of hydrogen-bond donors (Lipinski definition) is 1. The predicted molar refractivity (Wildman–Crippen MR) is 94.6 cm³/mol. The van der Waals surface area contributed by atoms with Gasteiger partial charge in [0.2, 0.25) is 0 Å². The Kier molecular flexibility index (Phi) is 7.69. The van der Waals surface area contributed by atoms with E-state index >= 15 is 0 Å². The molecule has 0 amide bonds. The first-order valence-corrected chi connectivity index (χ1v) is 9.07. The summed E-state index contributed by atoms with van der Waals surface area (Å²) in [5, 5.41) is 10.3. The molecule has 1 heterocycles. The second-order valence-corrected chi connectivity index (χ2v) is 7.35. The minimum absolute atomic E-state index is 0.255. The number of thioether (sulfide) groups is 1. The van der Waals surface area contributed by atoms with Gasteiger partial charge in [-0.25, -0.2) is 0 Å². The lowest BCUT2D eigenvalue weighted by Crippen LogP contribution is -2.48. The zero-order valence-corrected chi connectivity index (χ0v) is 14.6. The van der Waals surface area contributed by atoms with Crippen molar-refractivity contribution in [3.63, 3.8) is 0 Å². The number of benzene rings is 1. The molecule has 0 radical (unpaired) electrons. The standard InChI is InChI=1S/C17H29N3OS/c1-18-8-10-20(11-9-18)15-16(21)14-19(2)12-13-22-17-6-4-3-5-7-17/h3-7,16,21H,8-15H2,1-2H3. The minimum Gasteiger partial charge on any atom is -0.390 e. The number of aliphatic hydroxyl groups excluding tert-OH is 1. The fourth-order valence-corrected chi connectivity index (χ4v) is 3.66. The van der Waals surface area contributed by atoms with Crippen LogP contribution in [0.2, 0.25) is 0 Å². The van der Waals surface area contributed by atoms with E-state index in [1.165, 1.54) is 4.90 Å². The number of nitrogens with zero attached hydrogens (tertiary/aromatic N) is 3. The number of piperazine rings is 1. The van der Waals surface area contributed by atoms with Gasteiger partial charge in [-0.15, -0.1) is 11.8 Å². The van der Waals surface area contributed by atoms with Crippen LogP contribution < -0.4 is 0 Å². The van der Waals surface area contributed by atoms with Crippen LogP contribution in [-0.2, 0) is 0 Å². The first-order chi connectivity index (χ1) is 10.6. The van der Waals surface area contributed by atoms with E-state index < -0.39 is 0 Å². The Bertz CT molecular complexity index is 410. The molecule has 4 nitrogen and oxygen atoms in total. The second kappa shape index (κ2) is 9.53. The van der Waals surface area contributed by atoms with Crippen molar-refractivity contribution in [2.45, 2.75) is 11.0 Å². The Balaban J connectivity index is 1.58. The van der Waals surface area contributed by atoms with E-state index in [9.17, 15) is 5.11 Å². The highest BCUT2D eigenvalue weighted by molar-refractivity contribution is 7.99. The maximum absolute atomic E-state index is 10.3. The van der Waals surface area contributed by atoms with Crippen LogP contribution in [-0.4, -0.2) is 91.6 Å². The fourth-order valence-electron chi connectivity index (χ4n) is 2.67. The van der Waals surface area contributed by atoms with Gasteiger partial charge in [0.1, 0.15) is 0 Å². The third-order valence-electron chi connectivity index (χ3n) is 4.07. The molecular weight excluding hydrogens is 294 g/mol. The van der Waals surface area contributed by atoms with Crippen molar-refractivity contribution in [3.05, 3.63) is 30.3 Å². The molecule has 22 heavy (non-hydrogen) atoms. The van der Waals surface area contributed by atoms with Crippen LogP contribution in [0.3, 0.4) is 0 Å². The van der Waals surface area contributed by atoms with Gasteiger partial charge < -0.3 is 14.9 Å². The van der Waals surface area contributed by atoms with E-state index in [4.69, 9.17) is 0 Å². The Labute approximate surface area is 139 Å². The highest BCUT2D eigenvalue weighted by atomic mass is 32.2. The summed E-state index contributed by atoms with van der Waals surface area (Å²) in [6.07, 6.45) is -0.255. The van der Waals surface area contributed by atoms with Crippen molar-refractivity contribution >= 4 is 11.8 Å². The first kappa shape index (κ1) is 17.8. The smallest absolute Gasteiger partial charge is 0.0793 e. The molecule has 0 aliphatic carbocycles. The molecule has 1 aliphatic rings. The maximum atomic E-state index is 10.3. The zero-order chi connectivity index (χ0) is 15.8. The number of likely N-dealkylation sites (N-methyl/N-ethyl adjacent to an activating group) is 2. The number of β-amino-alcohol motifs (C(OH)–C–C–N with tert-alkyl or cyclic N) is 1. The third-order valence-corrected chi connectivity index (χ3v) is 5.06. The molecule has 1 aromatic rings. The van der Waals surface area contributed by atoms with Crippen LogP contribution in [0.4, 0.5) is 0 Å². The molecular formula is C17H29N3OS. The van der Waals surface area contributed by atoms with Crippen LogP contribution in [0.1, 0.15) is 0 Å². The van der Waals surface area contributed by atoms with Gasteiger partial charge in [-0.1, -0.05) is 18.2 Å². The van der Waals surface area contributed by atoms with Gasteiger partial charge in [-0.3, -0.25) is 4.90 Å². The van der Waals surface area contributed by atoms with Gasteiger partial charge in [-0.2, -0.15) is 0 Å². The second-order valence-electron chi connectivity index (χ2n) is 6.18. The zero-order valence-electron chi connectivity index (χ0n) is 13.8. The van der Waals surface area contributed by atoms with Crippen molar-refractivity contribution in [1.82, 2.24) is 14.7 Å². The van der Waals surface area contributed by atoms with Crippen LogP contribution in [0, 0.1) is 0 Å². The van der Waals surface area contributed by atoms with Gasteiger partial charge in [0.25, 0.3) is 0 Å². The van der Waals surface area contributed by atoms with E-state index in [1.807, 2.05) is 17.8 Å². The van der Waals surface area contributed by atoms with Crippen molar-refractivity contribution in [1.29, 1.82) is 0 Å². The molecule has 1 atom stereocenters. The van der Waals surface area contributed by atoms with E-state index in [0.717, 1.165) is 51.6 Å². The first-order valence-electron chi connectivity index (χ1n) is 8.09. The summed E-state index contributed by atoms with van der Waals surface area (Å²) in [6.45, 7) is 6.90. The molecule has 5 heteroatoms. The maximum Gasteiger partial charge on any atom is 0.0793 e. The average molecular weight is 324 g/mol. The van der Waals surface area contributed by atoms with E-state index in [1.54, 1.807) is 0 Å². The van der Waals surface area contributed by atoms with Crippen LogP contribution in [0.25, 0.3) is 0 Å². The summed E-state index contributed by atoms with van der Waals surface area (Å²) in [4.78, 5) is 8.26. The van der Waals surface area contributed by atoms with Crippen LogP contribution >= 0.6 is 11.8 Å². The van der Waals surface area contributed by atoms with E-state index in [-0.39, 0.29) is 6.10 Å². The highest BCUT2D eigenvalue weighted by Crippen LogP contribution is 2.16. The number of aliphatic hydroxyl groups is 1. The topological polar surface area (TPSA) is 30.0 Å². The predicted octanol–water partition coefficient (Wildman–Crippen LogP) is 1.32.